The minimum absolute atomic E-state index is 0.0765. The number of phenols is 2. The first-order chi connectivity index (χ1) is 23.5. The van der Waals surface area contributed by atoms with Crippen molar-refractivity contribution in [3.05, 3.63) is 126 Å². The third kappa shape index (κ3) is 8.95. The largest absolute Gasteiger partial charge is 0.506 e. The van der Waals surface area contributed by atoms with Crippen LogP contribution in [0.15, 0.2) is 72.8 Å². The van der Waals surface area contributed by atoms with Crippen LogP contribution in [0.1, 0.15) is 108 Å². The summed E-state index contributed by atoms with van der Waals surface area (Å²) in [5.74, 6) is 8.64. The summed E-state index contributed by atoms with van der Waals surface area (Å²) < 4.78 is 0. The molecule has 1 unspecified atom stereocenters. The zero-order valence-corrected chi connectivity index (χ0v) is 32.8. The van der Waals surface area contributed by atoms with Gasteiger partial charge in [-0.1, -0.05) is 137 Å². The molecule has 0 fully saturated rings. The van der Waals surface area contributed by atoms with Gasteiger partial charge >= 0.3 is 0 Å². The van der Waals surface area contributed by atoms with E-state index in [-0.39, 0.29) is 27.7 Å². The van der Waals surface area contributed by atoms with Crippen LogP contribution in [-0.4, -0.2) is 21.4 Å². The van der Waals surface area contributed by atoms with Crippen LogP contribution in [0, 0.1) is 29.6 Å². The fourth-order valence-corrected chi connectivity index (χ4v) is 7.11. The van der Waals surface area contributed by atoms with Gasteiger partial charge in [0.05, 0.1) is 20.1 Å². The lowest BCUT2D eigenvalue weighted by Gasteiger charge is -2.33. The Balaban J connectivity index is 0.000000278. The van der Waals surface area contributed by atoms with Crippen LogP contribution in [-0.2, 0) is 10.8 Å². The summed E-state index contributed by atoms with van der Waals surface area (Å²) in [7, 11) is 0. The number of benzene rings is 4. The Bertz CT molecular complexity index is 1900. The molecule has 0 aliphatic heterocycles. The Labute approximate surface area is 318 Å². The molecule has 7 heteroatoms. The predicted molar refractivity (Wildman–Crippen MR) is 212 cm³/mol. The molecule has 0 aliphatic rings. The van der Waals surface area contributed by atoms with E-state index in [9.17, 15) is 15.3 Å². The van der Waals surface area contributed by atoms with Gasteiger partial charge in [0.15, 0.2) is 0 Å². The molecule has 3 nitrogen and oxygen atoms in total. The van der Waals surface area contributed by atoms with Crippen LogP contribution in [0.4, 0.5) is 0 Å². The summed E-state index contributed by atoms with van der Waals surface area (Å²) in [5, 5.41) is 31.4. The van der Waals surface area contributed by atoms with Crippen molar-refractivity contribution in [1.29, 1.82) is 0 Å². The Morgan fingerprint density at radius 3 is 1.22 bits per heavy atom. The second-order valence-corrected chi connectivity index (χ2v) is 15.1. The van der Waals surface area contributed by atoms with Gasteiger partial charge in [0, 0.05) is 22.0 Å². The maximum Gasteiger partial charge on any atom is 0.134 e. The minimum Gasteiger partial charge on any atom is -0.506 e. The molecule has 4 aromatic carbocycles. The molecule has 0 bridgehead atoms. The maximum atomic E-state index is 10.1. The first-order valence-corrected chi connectivity index (χ1v) is 18.3. The van der Waals surface area contributed by atoms with Crippen molar-refractivity contribution < 1.29 is 15.3 Å². The maximum absolute atomic E-state index is 10.1. The van der Waals surface area contributed by atoms with Gasteiger partial charge in [-0.05, 0) is 102 Å². The second kappa shape index (κ2) is 17.3. The molecule has 0 amide bonds. The molecule has 0 aromatic heterocycles. The van der Waals surface area contributed by atoms with Crippen molar-refractivity contribution in [2.45, 2.75) is 91.1 Å². The number of terminal acetylenes is 1. The van der Waals surface area contributed by atoms with E-state index in [1.54, 1.807) is 12.1 Å². The van der Waals surface area contributed by atoms with Gasteiger partial charge in [-0.3, -0.25) is 0 Å². The fourth-order valence-electron chi connectivity index (χ4n) is 6.28. The quantitative estimate of drug-likeness (QED) is 0.157. The Kier molecular flexibility index (Phi) is 14.2. The van der Waals surface area contributed by atoms with Crippen LogP contribution in [0.5, 0.6) is 11.5 Å². The third-order valence-electron chi connectivity index (χ3n) is 9.78. The average Bonchev–Trinajstić information content (AvgIpc) is 3.09. The van der Waals surface area contributed by atoms with E-state index in [1.807, 2.05) is 81.4 Å². The number of halogens is 4. The number of rotatable bonds is 8. The summed E-state index contributed by atoms with van der Waals surface area (Å²) in [6.07, 6.45) is 8.20. The molecule has 3 N–H and O–H groups in total. The van der Waals surface area contributed by atoms with Gasteiger partial charge in [-0.2, -0.15) is 0 Å². The van der Waals surface area contributed by atoms with Crippen molar-refractivity contribution in [2.24, 2.45) is 5.41 Å². The molecule has 1 atom stereocenters. The van der Waals surface area contributed by atoms with Gasteiger partial charge in [-0.15, -0.1) is 6.42 Å². The zero-order chi connectivity index (χ0) is 37.4. The van der Waals surface area contributed by atoms with Gasteiger partial charge in [0.2, 0.25) is 0 Å². The van der Waals surface area contributed by atoms with Gasteiger partial charge in [0.1, 0.15) is 17.6 Å². The fraction of sp³-hybridized carbons (Fsp3) is 0.349. The summed E-state index contributed by atoms with van der Waals surface area (Å²) in [6.45, 7) is 14.3. The predicted octanol–water partition coefficient (Wildman–Crippen LogP) is 12.3. The first kappa shape index (κ1) is 41.1. The van der Waals surface area contributed by atoms with Crippen molar-refractivity contribution in [1.82, 2.24) is 0 Å². The summed E-state index contributed by atoms with van der Waals surface area (Å²) in [4.78, 5) is 0. The van der Waals surface area contributed by atoms with Gasteiger partial charge in [-0.25, -0.2) is 0 Å². The third-order valence-corrected chi connectivity index (χ3v) is 11.0. The van der Waals surface area contributed by atoms with Crippen LogP contribution in [0.2, 0.25) is 20.1 Å². The molecule has 0 radical (unpaired) electrons. The van der Waals surface area contributed by atoms with Crippen LogP contribution >= 0.6 is 46.4 Å². The van der Waals surface area contributed by atoms with Gasteiger partial charge in [0.25, 0.3) is 0 Å². The van der Waals surface area contributed by atoms with E-state index in [0.717, 1.165) is 47.9 Å². The SMILES string of the molecule is C#Cc1ccc(C(CC)(CC)c2ccc(O)c(Cl)c2)cc1Cl.CCC(CC)(c1ccc(O)c(Cl)c1)c1ccc(C#CC(O)C(C)(C)C)c(Cl)c1. The number of aliphatic hydroxyl groups is 1. The molecular weight excluding hydrogens is 706 g/mol. The molecular formula is C43H46Cl4O3. The highest BCUT2D eigenvalue weighted by atomic mass is 35.5. The molecule has 50 heavy (non-hydrogen) atoms. The lowest BCUT2D eigenvalue weighted by molar-refractivity contribution is 0.114. The molecule has 264 valence electrons. The second-order valence-electron chi connectivity index (χ2n) is 13.5. The Morgan fingerprint density at radius 2 is 0.920 bits per heavy atom. The highest BCUT2D eigenvalue weighted by Gasteiger charge is 2.33. The molecule has 0 heterocycles. The number of hydrogen-bond donors (Lipinski definition) is 3. The first-order valence-electron chi connectivity index (χ1n) is 16.8. The number of aromatic hydroxyl groups is 2. The molecule has 0 saturated carbocycles. The van der Waals surface area contributed by atoms with Gasteiger partial charge < -0.3 is 15.3 Å². The van der Waals surface area contributed by atoms with E-state index < -0.39 is 6.10 Å². The van der Waals surface area contributed by atoms with E-state index in [0.29, 0.717) is 31.2 Å². The molecule has 4 aromatic rings. The van der Waals surface area contributed by atoms with Crippen LogP contribution in [0.3, 0.4) is 0 Å². The summed E-state index contributed by atoms with van der Waals surface area (Å²) in [6, 6.07) is 22.5. The normalized spacial score (nSPS) is 12.2. The van der Waals surface area contributed by atoms with Crippen molar-refractivity contribution in [3.63, 3.8) is 0 Å². The summed E-state index contributed by atoms with van der Waals surface area (Å²) in [5.41, 5.74) is 4.87. The summed E-state index contributed by atoms with van der Waals surface area (Å²) >= 11 is 25.1. The van der Waals surface area contributed by atoms with Crippen LogP contribution < -0.4 is 0 Å². The molecule has 0 spiro atoms. The minimum atomic E-state index is -0.729. The molecule has 4 rings (SSSR count). The lowest BCUT2D eigenvalue weighted by atomic mass is 9.70. The monoisotopic (exact) mass is 750 g/mol. The molecule has 0 aliphatic carbocycles. The van der Waals surface area contributed by atoms with Crippen molar-refractivity contribution in [2.75, 3.05) is 0 Å². The van der Waals surface area contributed by atoms with E-state index in [2.05, 4.69) is 45.5 Å². The number of phenolic OH excluding ortho intramolecular Hbond substituents is 2. The average molecular weight is 753 g/mol. The number of hydrogen-bond acceptors (Lipinski definition) is 3. The standard InChI is InChI=1S/C24H28Cl2O2.C19H18Cl2O/c1-6-24(7-2,18-11-12-21(27)20(26)15-18)17-10-8-16(19(25)14-17)9-13-22(28)23(3,4)5;1-4-13-7-8-14(11-16(13)20)19(5-2,6-3)15-9-10-18(22)17(21)12-15/h8,10-12,14-15,22,27-28H,6-7H2,1-5H3;1,7-12,22H,5-6H2,2-3H3. The van der Waals surface area contributed by atoms with Crippen LogP contribution in [0.25, 0.3) is 0 Å². The van der Waals surface area contributed by atoms with E-state index in [1.165, 1.54) is 0 Å². The highest BCUT2D eigenvalue weighted by molar-refractivity contribution is 6.33. The van der Waals surface area contributed by atoms with E-state index in [4.69, 9.17) is 52.8 Å². The zero-order valence-electron chi connectivity index (χ0n) is 29.8. The van der Waals surface area contributed by atoms with Crippen molar-refractivity contribution in [3.8, 4) is 35.7 Å². The molecule has 0 saturated heterocycles. The lowest BCUT2D eigenvalue weighted by Crippen LogP contribution is -2.26. The van der Waals surface area contributed by atoms with E-state index >= 15 is 0 Å². The smallest absolute Gasteiger partial charge is 0.134 e. The Morgan fingerprint density at radius 1 is 0.580 bits per heavy atom. The topological polar surface area (TPSA) is 60.7 Å². The number of aliphatic hydroxyl groups excluding tert-OH is 1. The highest BCUT2D eigenvalue weighted by Crippen LogP contribution is 2.43. The van der Waals surface area contributed by atoms with Crippen molar-refractivity contribution >= 4 is 46.4 Å². The Hall–Kier alpha value is -3.28.